The molecule has 2 heteroatoms. The van der Waals surface area contributed by atoms with E-state index in [1.54, 1.807) is 4.88 Å². The van der Waals surface area contributed by atoms with Crippen LogP contribution in [-0.4, -0.2) is 6.54 Å². The van der Waals surface area contributed by atoms with Gasteiger partial charge in [-0.25, -0.2) is 0 Å². The van der Waals surface area contributed by atoms with Gasteiger partial charge in [-0.1, -0.05) is 19.8 Å². The molecule has 0 bridgehead atoms. The van der Waals surface area contributed by atoms with Crippen molar-refractivity contribution in [2.75, 3.05) is 6.54 Å². The monoisotopic (exact) mass is 223 g/mol. The minimum atomic E-state index is 0.287. The summed E-state index contributed by atoms with van der Waals surface area (Å²) in [5.41, 5.74) is 0.287. The van der Waals surface area contributed by atoms with E-state index in [-0.39, 0.29) is 5.54 Å². The number of hydrogen-bond donors (Lipinski definition) is 1. The molecule has 1 aliphatic heterocycles. The maximum Gasteiger partial charge on any atom is 0.0526 e. The van der Waals surface area contributed by atoms with Gasteiger partial charge in [-0.2, -0.15) is 0 Å². The number of aryl methyl sites for hydroxylation is 1. The van der Waals surface area contributed by atoms with Crippen LogP contribution in [0.15, 0.2) is 12.1 Å². The van der Waals surface area contributed by atoms with Crippen LogP contribution in [0.5, 0.6) is 0 Å². The van der Waals surface area contributed by atoms with E-state index in [1.807, 2.05) is 11.3 Å². The van der Waals surface area contributed by atoms with Crippen molar-refractivity contribution in [1.29, 1.82) is 0 Å². The van der Waals surface area contributed by atoms with Crippen LogP contribution in [0.25, 0.3) is 0 Å². The molecule has 0 aliphatic carbocycles. The van der Waals surface area contributed by atoms with Gasteiger partial charge < -0.3 is 5.32 Å². The SMILES string of the molecule is CCC1(c2ccc(C)s2)CCCCCN1. The average Bonchev–Trinajstić information content (AvgIpc) is 2.56. The molecule has 2 rings (SSSR count). The second-order valence-electron chi connectivity index (χ2n) is 4.58. The summed E-state index contributed by atoms with van der Waals surface area (Å²) >= 11 is 1.96. The number of rotatable bonds is 2. The molecule has 1 aromatic rings. The van der Waals surface area contributed by atoms with Crippen molar-refractivity contribution < 1.29 is 0 Å². The first kappa shape index (κ1) is 11.2. The first-order valence-electron chi connectivity index (χ1n) is 6.09. The Hall–Kier alpha value is -0.340. The van der Waals surface area contributed by atoms with Crippen LogP contribution in [0.2, 0.25) is 0 Å². The molecule has 1 aliphatic rings. The lowest BCUT2D eigenvalue weighted by atomic mass is 9.89. The molecule has 84 valence electrons. The highest BCUT2D eigenvalue weighted by atomic mass is 32.1. The molecule has 0 amide bonds. The minimum absolute atomic E-state index is 0.287. The van der Waals surface area contributed by atoms with Crippen molar-refractivity contribution in [2.45, 2.75) is 51.5 Å². The molecule has 1 N–H and O–H groups in total. The Balaban J connectivity index is 2.26. The Labute approximate surface area is 96.9 Å². The molecular formula is C13H21NS. The Morgan fingerprint density at radius 2 is 2.20 bits per heavy atom. The Morgan fingerprint density at radius 3 is 2.87 bits per heavy atom. The van der Waals surface area contributed by atoms with Gasteiger partial charge in [0, 0.05) is 9.75 Å². The van der Waals surface area contributed by atoms with Crippen molar-refractivity contribution in [3.8, 4) is 0 Å². The van der Waals surface area contributed by atoms with E-state index in [4.69, 9.17) is 0 Å². The van der Waals surface area contributed by atoms with E-state index in [2.05, 4.69) is 31.3 Å². The largest absolute Gasteiger partial charge is 0.307 e. The van der Waals surface area contributed by atoms with Crippen molar-refractivity contribution in [3.05, 3.63) is 21.9 Å². The summed E-state index contributed by atoms with van der Waals surface area (Å²) in [6, 6.07) is 4.58. The summed E-state index contributed by atoms with van der Waals surface area (Å²) < 4.78 is 0. The fraction of sp³-hybridized carbons (Fsp3) is 0.692. The van der Waals surface area contributed by atoms with Gasteiger partial charge in [-0.3, -0.25) is 0 Å². The second kappa shape index (κ2) is 4.67. The van der Waals surface area contributed by atoms with Crippen LogP contribution in [-0.2, 0) is 5.54 Å². The second-order valence-corrected chi connectivity index (χ2v) is 5.87. The Kier molecular flexibility index (Phi) is 3.47. The fourth-order valence-corrected chi connectivity index (χ4v) is 3.66. The van der Waals surface area contributed by atoms with Crippen LogP contribution in [0, 0.1) is 6.92 Å². The molecule has 0 radical (unpaired) electrons. The molecule has 0 saturated carbocycles. The molecule has 15 heavy (non-hydrogen) atoms. The van der Waals surface area contributed by atoms with Crippen LogP contribution in [0.1, 0.15) is 48.8 Å². The van der Waals surface area contributed by atoms with Gasteiger partial charge >= 0.3 is 0 Å². The lowest BCUT2D eigenvalue weighted by molar-refractivity contribution is 0.319. The summed E-state index contributed by atoms with van der Waals surface area (Å²) in [5.74, 6) is 0. The Morgan fingerprint density at radius 1 is 1.33 bits per heavy atom. The standard InChI is InChI=1S/C13H21NS/c1-3-13(9-5-4-6-10-14-13)12-8-7-11(2)15-12/h7-8,14H,3-6,9-10H2,1-2H3. The molecule has 1 fully saturated rings. The third kappa shape index (κ3) is 2.26. The zero-order valence-corrected chi connectivity index (χ0v) is 10.6. The third-order valence-corrected chi connectivity index (χ3v) is 4.76. The van der Waals surface area contributed by atoms with E-state index in [0.717, 1.165) is 0 Å². The number of nitrogens with one attached hydrogen (secondary N) is 1. The summed E-state index contributed by atoms with van der Waals surface area (Å²) in [7, 11) is 0. The minimum Gasteiger partial charge on any atom is -0.307 e. The molecule has 1 aromatic heterocycles. The molecule has 1 atom stereocenters. The predicted molar refractivity (Wildman–Crippen MR) is 67.5 cm³/mol. The van der Waals surface area contributed by atoms with Crippen LogP contribution < -0.4 is 5.32 Å². The molecule has 1 unspecified atom stereocenters. The first-order valence-corrected chi connectivity index (χ1v) is 6.90. The normalized spacial score (nSPS) is 27.6. The average molecular weight is 223 g/mol. The Bertz CT molecular complexity index is 308. The van der Waals surface area contributed by atoms with E-state index in [1.165, 1.54) is 43.5 Å². The van der Waals surface area contributed by atoms with Gasteiger partial charge in [0.15, 0.2) is 0 Å². The van der Waals surface area contributed by atoms with Gasteiger partial charge in [0.1, 0.15) is 0 Å². The predicted octanol–water partition coefficient (Wildman–Crippen LogP) is 3.83. The molecule has 1 saturated heterocycles. The first-order chi connectivity index (χ1) is 7.27. The van der Waals surface area contributed by atoms with Crippen molar-refractivity contribution in [1.82, 2.24) is 5.32 Å². The highest BCUT2D eigenvalue weighted by molar-refractivity contribution is 7.12. The zero-order chi connectivity index (χ0) is 10.7. The summed E-state index contributed by atoms with van der Waals surface area (Å²) in [4.78, 5) is 2.98. The lowest BCUT2D eigenvalue weighted by Gasteiger charge is -2.31. The number of thiophene rings is 1. The zero-order valence-electron chi connectivity index (χ0n) is 9.81. The van der Waals surface area contributed by atoms with E-state index in [0.29, 0.717) is 0 Å². The van der Waals surface area contributed by atoms with Crippen LogP contribution in [0.4, 0.5) is 0 Å². The number of hydrogen-bond acceptors (Lipinski definition) is 2. The summed E-state index contributed by atoms with van der Waals surface area (Å²) in [6.45, 7) is 5.70. The highest BCUT2D eigenvalue weighted by Gasteiger charge is 2.31. The molecular weight excluding hydrogens is 202 g/mol. The maximum atomic E-state index is 3.78. The van der Waals surface area contributed by atoms with Gasteiger partial charge in [-0.15, -0.1) is 11.3 Å². The fourth-order valence-electron chi connectivity index (χ4n) is 2.52. The molecule has 2 heterocycles. The van der Waals surface area contributed by atoms with E-state index >= 15 is 0 Å². The summed E-state index contributed by atoms with van der Waals surface area (Å²) in [5, 5.41) is 3.78. The van der Waals surface area contributed by atoms with E-state index < -0.39 is 0 Å². The van der Waals surface area contributed by atoms with Gasteiger partial charge in [0.2, 0.25) is 0 Å². The topological polar surface area (TPSA) is 12.0 Å². The summed E-state index contributed by atoms with van der Waals surface area (Å²) in [6.07, 6.45) is 6.62. The maximum absolute atomic E-state index is 3.78. The van der Waals surface area contributed by atoms with Gasteiger partial charge in [0.05, 0.1) is 5.54 Å². The van der Waals surface area contributed by atoms with Crippen LogP contribution in [0.3, 0.4) is 0 Å². The molecule has 0 spiro atoms. The molecule has 1 nitrogen and oxygen atoms in total. The van der Waals surface area contributed by atoms with Crippen molar-refractivity contribution >= 4 is 11.3 Å². The highest BCUT2D eigenvalue weighted by Crippen LogP contribution is 2.36. The quantitative estimate of drug-likeness (QED) is 0.803. The lowest BCUT2D eigenvalue weighted by Crippen LogP contribution is -2.40. The van der Waals surface area contributed by atoms with E-state index in [9.17, 15) is 0 Å². The van der Waals surface area contributed by atoms with Crippen LogP contribution >= 0.6 is 11.3 Å². The third-order valence-electron chi connectivity index (χ3n) is 3.56. The molecule has 0 aromatic carbocycles. The van der Waals surface area contributed by atoms with Crippen molar-refractivity contribution in [2.24, 2.45) is 0 Å². The van der Waals surface area contributed by atoms with Gasteiger partial charge in [-0.05, 0) is 44.9 Å². The van der Waals surface area contributed by atoms with Crippen molar-refractivity contribution in [3.63, 3.8) is 0 Å². The smallest absolute Gasteiger partial charge is 0.0526 e. The van der Waals surface area contributed by atoms with Gasteiger partial charge in [0.25, 0.3) is 0 Å².